The van der Waals surface area contributed by atoms with E-state index in [-0.39, 0.29) is 30.2 Å². The van der Waals surface area contributed by atoms with Crippen LogP contribution in [0, 0.1) is 10.1 Å². The summed E-state index contributed by atoms with van der Waals surface area (Å²) in [5.74, 6) is -0.176. The number of anilines is 1. The third kappa shape index (κ3) is 3.53. The van der Waals surface area contributed by atoms with Crippen molar-refractivity contribution in [2.24, 2.45) is 0 Å². The summed E-state index contributed by atoms with van der Waals surface area (Å²) in [6.07, 6.45) is 8.36. The number of rotatable bonds is 6. The van der Waals surface area contributed by atoms with E-state index in [1.807, 2.05) is 10.8 Å². The number of carbonyl (C=O) groups excluding carboxylic acids is 1. The van der Waals surface area contributed by atoms with E-state index in [0.29, 0.717) is 5.69 Å². The van der Waals surface area contributed by atoms with Crippen molar-refractivity contribution in [3.8, 4) is 0 Å². The van der Waals surface area contributed by atoms with E-state index in [1.165, 1.54) is 6.07 Å². The lowest BCUT2D eigenvalue weighted by Crippen LogP contribution is -2.41. The molecular formula is C16H19N5O3. The van der Waals surface area contributed by atoms with Crippen molar-refractivity contribution >= 4 is 17.3 Å². The van der Waals surface area contributed by atoms with Gasteiger partial charge in [-0.05, 0) is 25.3 Å². The Morgan fingerprint density at radius 3 is 2.96 bits per heavy atom. The highest BCUT2D eigenvalue weighted by molar-refractivity contribution is 5.82. The van der Waals surface area contributed by atoms with Crippen molar-refractivity contribution in [3.63, 3.8) is 0 Å². The minimum absolute atomic E-state index is 0.00198. The number of nitro benzene ring substituents is 1. The lowest BCUT2D eigenvalue weighted by Gasteiger charge is -2.22. The van der Waals surface area contributed by atoms with Crippen LogP contribution in [0.3, 0.4) is 0 Å². The second-order valence-electron chi connectivity index (χ2n) is 5.81. The Hall–Kier alpha value is -2.90. The molecule has 0 unspecified atom stereocenters. The smallest absolute Gasteiger partial charge is 0.292 e. The third-order valence-electron chi connectivity index (χ3n) is 4.27. The number of amides is 1. The summed E-state index contributed by atoms with van der Waals surface area (Å²) in [7, 11) is 0. The Labute approximate surface area is 139 Å². The van der Waals surface area contributed by atoms with Crippen molar-refractivity contribution in [2.75, 3.05) is 11.9 Å². The first-order valence-electron chi connectivity index (χ1n) is 7.89. The fourth-order valence-electron chi connectivity index (χ4n) is 3.15. The van der Waals surface area contributed by atoms with Crippen LogP contribution in [0.5, 0.6) is 0 Å². The number of hydrogen-bond acceptors (Lipinski definition) is 5. The first kappa shape index (κ1) is 16.0. The molecule has 0 aliphatic heterocycles. The highest BCUT2D eigenvalue weighted by Gasteiger charge is 2.29. The van der Waals surface area contributed by atoms with E-state index < -0.39 is 4.92 Å². The van der Waals surface area contributed by atoms with Gasteiger partial charge in [-0.1, -0.05) is 12.1 Å². The molecule has 0 bridgehead atoms. The predicted octanol–water partition coefficient (Wildman–Crippen LogP) is 2.11. The van der Waals surface area contributed by atoms with Gasteiger partial charge in [0.05, 0.1) is 23.8 Å². The zero-order valence-corrected chi connectivity index (χ0v) is 13.1. The normalized spacial score (nSPS) is 19.8. The topological polar surface area (TPSA) is 102 Å². The number of carbonyl (C=O) groups is 1. The van der Waals surface area contributed by atoms with Crippen molar-refractivity contribution in [2.45, 2.75) is 31.3 Å². The van der Waals surface area contributed by atoms with E-state index >= 15 is 0 Å². The SMILES string of the molecule is O=C(CNc1ccccc1[N+](=O)[O-])N[C@H]1CCC[C@H]1n1ccnc1. The molecular weight excluding hydrogens is 310 g/mol. The highest BCUT2D eigenvalue weighted by atomic mass is 16.6. The summed E-state index contributed by atoms with van der Waals surface area (Å²) in [5.41, 5.74) is 0.303. The van der Waals surface area contributed by atoms with Crippen LogP contribution in [0.2, 0.25) is 0 Å². The molecule has 1 saturated carbocycles. The molecule has 8 nitrogen and oxygen atoms in total. The van der Waals surface area contributed by atoms with E-state index in [2.05, 4.69) is 15.6 Å². The number of nitrogens with one attached hydrogen (secondary N) is 2. The molecule has 0 saturated heterocycles. The van der Waals surface area contributed by atoms with Gasteiger partial charge in [-0.25, -0.2) is 4.98 Å². The molecule has 1 fully saturated rings. The summed E-state index contributed by atoms with van der Waals surface area (Å²) in [5, 5.41) is 16.8. The molecule has 1 aromatic heterocycles. The minimum Gasteiger partial charge on any atom is -0.371 e. The summed E-state index contributed by atoms with van der Waals surface area (Å²) >= 11 is 0. The van der Waals surface area contributed by atoms with E-state index in [1.54, 1.807) is 30.7 Å². The summed E-state index contributed by atoms with van der Waals surface area (Å²) in [4.78, 5) is 26.8. The van der Waals surface area contributed by atoms with E-state index in [9.17, 15) is 14.9 Å². The molecule has 1 heterocycles. The molecule has 24 heavy (non-hydrogen) atoms. The van der Waals surface area contributed by atoms with Gasteiger partial charge in [0.25, 0.3) is 5.69 Å². The van der Waals surface area contributed by atoms with Gasteiger partial charge in [0.2, 0.25) is 5.91 Å². The Morgan fingerprint density at radius 2 is 2.21 bits per heavy atom. The van der Waals surface area contributed by atoms with Crippen LogP contribution in [-0.4, -0.2) is 33.0 Å². The van der Waals surface area contributed by atoms with Crippen LogP contribution in [0.25, 0.3) is 0 Å². The largest absolute Gasteiger partial charge is 0.371 e. The number of hydrogen-bond donors (Lipinski definition) is 2. The zero-order chi connectivity index (χ0) is 16.9. The summed E-state index contributed by atoms with van der Waals surface area (Å²) < 4.78 is 2.02. The molecule has 126 valence electrons. The molecule has 0 spiro atoms. The second-order valence-corrected chi connectivity index (χ2v) is 5.81. The average molecular weight is 329 g/mol. The van der Waals surface area contributed by atoms with Gasteiger partial charge >= 0.3 is 0 Å². The molecule has 2 N–H and O–H groups in total. The minimum atomic E-state index is -0.466. The van der Waals surface area contributed by atoms with Crippen LogP contribution in [0.15, 0.2) is 43.0 Å². The number of benzene rings is 1. The fourth-order valence-corrected chi connectivity index (χ4v) is 3.15. The Kier molecular flexibility index (Phi) is 4.74. The first-order chi connectivity index (χ1) is 11.6. The van der Waals surface area contributed by atoms with Gasteiger partial charge in [-0.15, -0.1) is 0 Å². The molecule has 1 aliphatic rings. The van der Waals surface area contributed by atoms with Gasteiger partial charge in [0.1, 0.15) is 5.69 Å². The molecule has 2 aromatic rings. The maximum absolute atomic E-state index is 12.2. The molecule has 1 aliphatic carbocycles. The van der Waals surface area contributed by atoms with Gasteiger partial charge in [0.15, 0.2) is 0 Å². The van der Waals surface area contributed by atoms with Crippen molar-refractivity contribution in [1.29, 1.82) is 0 Å². The maximum atomic E-state index is 12.2. The zero-order valence-electron chi connectivity index (χ0n) is 13.1. The number of nitro groups is 1. The quantitative estimate of drug-likeness (QED) is 0.624. The van der Waals surface area contributed by atoms with Crippen LogP contribution >= 0.6 is 0 Å². The van der Waals surface area contributed by atoms with Crippen LogP contribution in [0.1, 0.15) is 25.3 Å². The molecule has 3 rings (SSSR count). The molecule has 1 aromatic carbocycles. The molecule has 1 amide bonds. The van der Waals surface area contributed by atoms with Crippen molar-refractivity contribution in [1.82, 2.24) is 14.9 Å². The number of aromatic nitrogens is 2. The van der Waals surface area contributed by atoms with Gasteiger partial charge in [0, 0.05) is 24.5 Å². The lowest BCUT2D eigenvalue weighted by atomic mass is 10.1. The van der Waals surface area contributed by atoms with Gasteiger partial charge in [-0.2, -0.15) is 0 Å². The van der Waals surface area contributed by atoms with Gasteiger partial charge in [-0.3, -0.25) is 14.9 Å². The number of para-hydroxylation sites is 2. The third-order valence-corrected chi connectivity index (χ3v) is 4.27. The number of imidazole rings is 1. The van der Waals surface area contributed by atoms with Crippen LogP contribution < -0.4 is 10.6 Å². The first-order valence-corrected chi connectivity index (χ1v) is 7.89. The lowest BCUT2D eigenvalue weighted by molar-refractivity contribution is -0.383. The highest BCUT2D eigenvalue weighted by Crippen LogP contribution is 2.30. The summed E-state index contributed by atoms with van der Waals surface area (Å²) in [6.45, 7) is -0.00198. The molecule has 8 heteroatoms. The summed E-state index contributed by atoms with van der Waals surface area (Å²) in [6, 6.07) is 6.56. The Bertz CT molecular complexity index is 716. The van der Waals surface area contributed by atoms with Crippen LogP contribution in [-0.2, 0) is 4.79 Å². The fraction of sp³-hybridized carbons (Fsp3) is 0.375. The monoisotopic (exact) mass is 329 g/mol. The standard InChI is InChI=1S/C16H19N5O3/c22-16(10-18-12-4-1-2-6-15(12)21(23)24)19-13-5-3-7-14(13)20-9-8-17-11-20/h1-2,4,6,8-9,11,13-14,18H,3,5,7,10H2,(H,19,22)/t13-,14+/m0/s1. The predicted molar refractivity (Wildman–Crippen MR) is 88.6 cm³/mol. The second kappa shape index (κ2) is 7.12. The Morgan fingerprint density at radius 1 is 1.38 bits per heavy atom. The molecule has 0 radical (unpaired) electrons. The molecule has 2 atom stereocenters. The van der Waals surface area contributed by atoms with E-state index in [4.69, 9.17) is 0 Å². The van der Waals surface area contributed by atoms with Crippen molar-refractivity contribution in [3.05, 3.63) is 53.1 Å². The van der Waals surface area contributed by atoms with E-state index in [0.717, 1.165) is 19.3 Å². The van der Waals surface area contributed by atoms with Crippen LogP contribution in [0.4, 0.5) is 11.4 Å². The maximum Gasteiger partial charge on any atom is 0.292 e. The van der Waals surface area contributed by atoms with Gasteiger partial charge < -0.3 is 15.2 Å². The van der Waals surface area contributed by atoms with Crippen molar-refractivity contribution < 1.29 is 9.72 Å². The average Bonchev–Trinajstić information content (AvgIpc) is 3.24. The number of nitrogens with zero attached hydrogens (tertiary/aromatic N) is 3. The Balaban J connectivity index is 1.57.